The fraction of sp³-hybridized carbons (Fsp3) is 0.333. The number of morpholine rings is 1. The molecule has 3 N–H and O–H groups in total. The molecule has 1 aromatic carbocycles. The van der Waals surface area contributed by atoms with Crippen LogP contribution >= 0.6 is 0 Å². The lowest BCUT2D eigenvalue weighted by molar-refractivity contribution is 0.122. The van der Waals surface area contributed by atoms with E-state index in [0.717, 1.165) is 36.0 Å². The second-order valence-corrected chi connectivity index (χ2v) is 8.54. The summed E-state index contributed by atoms with van der Waals surface area (Å²) in [6.45, 7) is 3.35. The quantitative estimate of drug-likeness (QED) is 0.361. The van der Waals surface area contributed by atoms with Crippen molar-refractivity contribution in [3.8, 4) is 11.3 Å². The van der Waals surface area contributed by atoms with E-state index >= 15 is 0 Å². The molecule has 0 radical (unpaired) electrons. The summed E-state index contributed by atoms with van der Waals surface area (Å²) in [4.78, 5) is 11.6. The lowest BCUT2D eigenvalue weighted by Crippen LogP contribution is -2.37. The van der Waals surface area contributed by atoms with Crippen molar-refractivity contribution in [2.24, 2.45) is 0 Å². The van der Waals surface area contributed by atoms with E-state index in [9.17, 15) is 0 Å². The predicted molar refractivity (Wildman–Crippen MR) is 128 cm³/mol. The van der Waals surface area contributed by atoms with E-state index in [1.54, 1.807) is 0 Å². The van der Waals surface area contributed by atoms with Crippen molar-refractivity contribution in [1.82, 2.24) is 25.3 Å². The van der Waals surface area contributed by atoms with Crippen molar-refractivity contribution in [1.29, 1.82) is 0 Å². The standard InChI is InChI=1S/C24H26N8O2/c1-2-4-16(5-3-1)20-12-18(34-31-20)15-25-24-27-21(14-23(28-24)32-8-10-33-11-9-32)26-22-13-19(29-30-22)17-6-7-17/h1-5,12-14,17H,6-11,15H2,(H3,25,26,27,28,29,30). The van der Waals surface area contributed by atoms with Crippen LogP contribution < -0.4 is 15.5 Å². The number of H-pyrrole nitrogens is 1. The average Bonchev–Trinajstić information content (AvgIpc) is 3.44. The first kappa shape index (κ1) is 20.7. The van der Waals surface area contributed by atoms with Gasteiger partial charge in [-0.25, -0.2) is 0 Å². The molecule has 4 aromatic rings. The fourth-order valence-electron chi connectivity index (χ4n) is 3.97. The molecule has 1 saturated heterocycles. The van der Waals surface area contributed by atoms with E-state index in [1.807, 2.05) is 42.5 Å². The van der Waals surface area contributed by atoms with Gasteiger partial charge in [-0.2, -0.15) is 15.1 Å². The summed E-state index contributed by atoms with van der Waals surface area (Å²) in [6.07, 6.45) is 2.44. The zero-order valence-corrected chi connectivity index (χ0v) is 18.7. The summed E-state index contributed by atoms with van der Waals surface area (Å²) >= 11 is 0. The van der Waals surface area contributed by atoms with Crippen LogP contribution in [0.3, 0.4) is 0 Å². The Labute approximate surface area is 196 Å². The van der Waals surface area contributed by atoms with E-state index < -0.39 is 0 Å². The van der Waals surface area contributed by atoms with Crippen LogP contribution in [0.2, 0.25) is 0 Å². The summed E-state index contributed by atoms with van der Waals surface area (Å²) in [5.74, 6) is 4.08. The second kappa shape index (κ2) is 9.14. The van der Waals surface area contributed by atoms with Gasteiger partial charge in [0.05, 0.1) is 19.8 Å². The third kappa shape index (κ3) is 4.72. The summed E-state index contributed by atoms with van der Waals surface area (Å²) < 4.78 is 11.0. The van der Waals surface area contributed by atoms with Gasteiger partial charge in [-0.1, -0.05) is 35.5 Å². The molecule has 10 nitrogen and oxygen atoms in total. The van der Waals surface area contributed by atoms with Crippen LogP contribution in [0, 0.1) is 0 Å². The van der Waals surface area contributed by atoms with Gasteiger partial charge in [-0.15, -0.1) is 0 Å². The number of rotatable bonds is 8. The highest BCUT2D eigenvalue weighted by Gasteiger charge is 2.25. The van der Waals surface area contributed by atoms with Gasteiger partial charge < -0.3 is 24.8 Å². The molecule has 34 heavy (non-hydrogen) atoms. The number of anilines is 4. The number of aromatic amines is 1. The minimum absolute atomic E-state index is 0.417. The van der Waals surface area contributed by atoms with Gasteiger partial charge in [0.25, 0.3) is 0 Å². The fourth-order valence-corrected chi connectivity index (χ4v) is 3.97. The molecular formula is C24H26N8O2. The second-order valence-electron chi connectivity index (χ2n) is 8.54. The van der Waals surface area contributed by atoms with Crippen LogP contribution in [0.15, 0.2) is 53.1 Å². The van der Waals surface area contributed by atoms with Crippen LogP contribution in [0.1, 0.15) is 30.2 Å². The molecule has 0 amide bonds. The number of hydrogen-bond donors (Lipinski definition) is 3. The van der Waals surface area contributed by atoms with Gasteiger partial charge in [0, 0.05) is 48.5 Å². The molecule has 174 valence electrons. The molecule has 2 aliphatic rings. The number of aromatic nitrogens is 5. The average molecular weight is 459 g/mol. The molecule has 1 saturated carbocycles. The Bertz CT molecular complexity index is 1240. The smallest absolute Gasteiger partial charge is 0.227 e. The number of ether oxygens (including phenoxy) is 1. The van der Waals surface area contributed by atoms with Gasteiger partial charge in [0.15, 0.2) is 11.6 Å². The number of hydrogen-bond acceptors (Lipinski definition) is 9. The Morgan fingerprint density at radius 1 is 1.00 bits per heavy atom. The molecule has 6 rings (SSSR count). The molecule has 0 atom stereocenters. The molecule has 2 fully saturated rings. The number of benzene rings is 1. The van der Waals surface area contributed by atoms with Gasteiger partial charge in [-0.05, 0) is 12.8 Å². The third-order valence-electron chi connectivity index (χ3n) is 5.97. The summed E-state index contributed by atoms with van der Waals surface area (Å²) in [6, 6.07) is 15.9. The zero-order valence-electron chi connectivity index (χ0n) is 18.7. The van der Waals surface area contributed by atoms with E-state index in [2.05, 4.69) is 41.9 Å². The maximum absolute atomic E-state index is 5.52. The summed E-state index contributed by atoms with van der Waals surface area (Å²) in [5, 5.41) is 18.3. The van der Waals surface area contributed by atoms with E-state index in [4.69, 9.17) is 14.2 Å². The van der Waals surface area contributed by atoms with E-state index in [0.29, 0.717) is 43.2 Å². The zero-order chi connectivity index (χ0) is 22.7. The molecule has 10 heteroatoms. The van der Waals surface area contributed by atoms with Crippen LogP contribution in [0.4, 0.5) is 23.4 Å². The lowest BCUT2D eigenvalue weighted by Gasteiger charge is -2.28. The van der Waals surface area contributed by atoms with Crippen molar-refractivity contribution in [2.75, 3.05) is 41.8 Å². The van der Waals surface area contributed by atoms with Gasteiger partial charge in [0.2, 0.25) is 5.95 Å². The van der Waals surface area contributed by atoms with Crippen LogP contribution in [-0.2, 0) is 11.3 Å². The maximum atomic E-state index is 5.52. The van der Waals surface area contributed by atoms with Crippen molar-refractivity contribution in [3.63, 3.8) is 0 Å². The molecule has 0 spiro atoms. The molecular weight excluding hydrogens is 432 g/mol. The number of nitrogens with one attached hydrogen (secondary N) is 3. The van der Waals surface area contributed by atoms with Crippen LogP contribution in [0.5, 0.6) is 0 Å². The SMILES string of the molecule is c1ccc(-c2cc(CNc3nc(Nc4cc(C5CC5)[nH]n4)cc(N4CCOCC4)n3)on2)cc1. The summed E-state index contributed by atoms with van der Waals surface area (Å²) in [7, 11) is 0. The highest BCUT2D eigenvalue weighted by molar-refractivity contribution is 5.61. The Morgan fingerprint density at radius 2 is 1.85 bits per heavy atom. The Hall–Kier alpha value is -3.92. The first-order valence-electron chi connectivity index (χ1n) is 11.6. The molecule has 4 heterocycles. The normalized spacial score (nSPS) is 15.9. The van der Waals surface area contributed by atoms with Crippen LogP contribution in [-0.4, -0.2) is 51.6 Å². The van der Waals surface area contributed by atoms with E-state index in [-0.39, 0.29) is 0 Å². The molecule has 1 aliphatic carbocycles. The molecule has 0 unspecified atom stereocenters. The number of nitrogens with zero attached hydrogens (tertiary/aromatic N) is 5. The Balaban J connectivity index is 1.20. The maximum Gasteiger partial charge on any atom is 0.227 e. The monoisotopic (exact) mass is 458 g/mol. The predicted octanol–water partition coefficient (Wildman–Crippen LogP) is 3.92. The third-order valence-corrected chi connectivity index (χ3v) is 5.97. The van der Waals surface area contributed by atoms with Crippen LogP contribution in [0.25, 0.3) is 11.3 Å². The highest BCUT2D eigenvalue weighted by atomic mass is 16.5. The summed E-state index contributed by atoms with van der Waals surface area (Å²) in [5.41, 5.74) is 2.98. The Kier molecular flexibility index (Phi) is 5.56. The molecule has 1 aliphatic heterocycles. The van der Waals surface area contributed by atoms with Gasteiger partial charge >= 0.3 is 0 Å². The van der Waals surface area contributed by atoms with Gasteiger partial charge in [-0.3, -0.25) is 5.10 Å². The van der Waals surface area contributed by atoms with Crippen molar-refractivity contribution in [2.45, 2.75) is 25.3 Å². The minimum Gasteiger partial charge on any atom is -0.378 e. The van der Waals surface area contributed by atoms with Crippen molar-refractivity contribution in [3.05, 3.63) is 60.0 Å². The van der Waals surface area contributed by atoms with Gasteiger partial charge in [0.1, 0.15) is 17.3 Å². The van der Waals surface area contributed by atoms with Crippen molar-refractivity contribution >= 4 is 23.4 Å². The lowest BCUT2D eigenvalue weighted by atomic mass is 10.1. The van der Waals surface area contributed by atoms with Crippen molar-refractivity contribution < 1.29 is 9.26 Å². The first-order chi connectivity index (χ1) is 16.8. The highest BCUT2D eigenvalue weighted by Crippen LogP contribution is 2.39. The Morgan fingerprint density at radius 3 is 2.68 bits per heavy atom. The molecule has 3 aromatic heterocycles. The first-order valence-corrected chi connectivity index (χ1v) is 11.6. The minimum atomic E-state index is 0.417. The van der Waals surface area contributed by atoms with E-state index in [1.165, 1.54) is 18.5 Å². The molecule has 0 bridgehead atoms. The largest absolute Gasteiger partial charge is 0.378 e. The topological polar surface area (TPSA) is 117 Å².